The van der Waals surface area contributed by atoms with Crippen molar-refractivity contribution < 1.29 is 14.3 Å². The van der Waals surface area contributed by atoms with Crippen molar-refractivity contribution in [1.82, 2.24) is 30.0 Å². The molecule has 0 aromatic carbocycles. The first-order valence-electron chi connectivity index (χ1n) is 7.51. The van der Waals surface area contributed by atoms with Crippen LogP contribution in [0, 0.1) is 6.92 Å². The summed E-state index contributed by atoms with van der Waals surface area (Å²) < 4.78 is 6.79. The Balaban J connectivity index is 1.62. The van der Waals surface area contributed by atoms with Crippen LogP contribution in [0.1, 0.15) is 25.6 Å². The van der Waals surface area contributed by atoms with Crippen LogP contribution in [0.5, 0.6) is 0 Å². The van der Waals surface area contributed by atoms with Gasteiger partial charge in [-0.25, -0.2) is 9.48 Å². The number of hydrogen-bond acceptors (Lipinski definition) is 6. The van der Waals surface area contributed by atoms with E-state index in [1.807, 2.05) is 11.8 Å². The van der Waals surface area contributed by atoms with Crippen molar-refractivity contribution >= 4 is 12.0 Å². The Labute approximate surface area is 128 Å². The third-order valence-electron chi connectivity index (χ3n) is 4.60. The number of aryl methyl sites for hydroxylation is 2. The second kappa shape index (κ2) is 5.54. The Morgan fingerprint density at radius 1 is 1.41 bits per heavy atom. The van der Waals surface area contributed by atoms with E-state index in [9.17, 15) is 9.59 Å². The Hall–Kier alpha value is -2.19. The number of hydrogen-bond donors (Lipinski definition) is 0. The van der Waals surface area contributed by atoms with Crippen molar-refractivity contribution in [3.8, 4) is 0 Å². The Kier molecular flexibility index (Phi) is 3.71. The number of carbonyl (C=O) groups excluding carboxylic acids is 2. The summed E-state index contributed by atoms with van der Waals surface area (Å²) in [6, 6.07) is 0. The summed E-state index contributed by atoms with van der Waals surface area (Å²) in [4.78, 5) is 27.8. The fraction of sp³-hybridized carbons (Fsp3) is 0.769. The zero-order valence-corrected chi connectivity index (χ0v) is 12.9. The number of piperazine rings is 1. The van der Waals surface area contributed by atoms with Crippen molar-refractivity contribution in [2.24, 2.45) is 0 Å². The van der Waals surface area contributed by atoms with Gasteiger partial charge in [-0.15, -0.1) is 5.10 Å². The van der Waals surface area contributed by atoms with Crippen LogP contribution in [0.4, 0.5) is 4.79 Å². The lowest BCUT2D eigenvalue weighted by Gasteiger charge is -2.44. The van der Waals surface area contributed by atoms with Gasteiger partial charge in [-0.3, -0.25) is 9.69 Å². The third kappa shape index (κ3) is 2.40. The van der Waals surface area contributed by atoms with Crippen molar-refractivity contribution in [3.63, 3.8) is 0 Å². The van der Waals surface area contributed by atoms with Gasteiger partial charge in [0, 0.05) is 26.1 Å². The second-order valence-corrected chi connectivity index (χ2v) is 5.80. The maximum atomic E-state index is 12.4. The van der Waals surface area contributed by atoms with Gasteiger partial charge >= 0.3 is 6.09 Å². The van der Waals surface area contributed by atoms with E-state index in [2.05, 4.69) is 15.5 Å². The molecule has 2 amide bonds. The third-order valence-corrected chi connectivity index (χ3v) is 4.60. The van der Waals surface area contributed by atoms with E-state index in [0.717, 1.165) is 6.42 Å². The minimum Gasteiger partial charge on any atom is -0.447 e. The Bertz CT molecular complexity index is 588. The highest BCUT2D eigenvalue weighted by atomic mass is 16.6. The fourth-order valence-corrected chi connectivity index (χ4v) is 3.09. The molecule has 0 radical (unpaired) electrons. The summed E-state index contributed by atoms with van der Waals surface area (Å²) >= 11 is 0. The summed E-state index contributed by atoms with van der Waals surface area (Å²) in [5.41, 5.74) is -0.365. The molecule has 9 nitrogen and oxygen atoms in total. The number of nitrogens with zero attached hydrogens (tertiary/aromatic N) is 6. The molecule has 2 aliphatic rings. The normalized spacial score (nSPS) is 24.4. The molecule has 1 aromatic heterocycles. The van der Waals surface area contributed by atoms with E-state index in [1.54, 1.807) is 16.5 Å². The lowest BCUT2D eigenvalue weighted by molar-refractivity contribution is -0.135. The van der Waals surface area contributed by atoms with Gasteiger partial charge in [0.05, 0.1) is 12.1 Å². The highest BCUT2D eigenvalue weighted by molar-refractivity contribution is 5.77. The second-order valence-electron chi connectivity index (χ2n) is 5.80. The van der Waals surface area contributed by atoms with E-state index in [-0.39, 0.29) is 17.5 Å². The van der Waals surface area contributed by atoms with E-state index < -0.39 is 0 Å². The van der Waals surface area contributed by atoms with Crippen LogP contribution < -0.4 is 0 Å². The minimum absolute atomic E-state index is 0.0572. The molecule has 3 rings (SSSR count). The molecule has 1 aromatic rings. The predicted octanol–water partition coefficient (Wildman–Crippen LogP) is -0.185. The van der Waals surface area contributed by atoms with Crippen LogP contribution in [-0.4, -0.2) is 73.8 Å². The standard InChI is InChI=1S/C13H20N6O3/c1-3-13-8-17(6-7-18(13)12(21)22-9-13)11(20)4-5-19-10(2)14-15-16-19/h3-9H2,1-2H3. The van der Waals surface area contributed by atoms with Gasteiger partial charge in [0.15, 0.2) is 0 Å². The topological polar surface area (TPSA) is 93.5 Å². The summed E-state index contributed by atoms with van der Waals surface area (Å²) in [5.74, 6) is 0.749. The lowest BCUT2D eigenvalue weighted by Crippen LogP contribution is -2.62. The molecule has 22 heavy (non-hydrogen) atoms. The van der Waals surface area contributed by atoms with E-state index in [0.29, 0.717) is 45.0 Å². The number of cyclic esters (lactones) is 1. The maximum absolute atomic E-state index is 12.4. The molecule has 1 atom stereocenters. The molecule has 1 unspecified atom stereocenters. The molecule has 2 aliphatic heterocycles. The summed E-state index contributed by atoms with van der Waals surface area (Å²) in [6.45, 7) is 6.25. The SMILES string of the molecule is CCC12COC(=O)N1CCN(C(=O)CCn1nnnc1C)C2. The first kappa shape index (κ1) is 14.7. The van der Waals surface area contributed by atoms with Gasteiger partial charge in [-0.2, -0.15) is 0 Å². The molecule has 9 heteroatoms. The molecular formula is C13H20N6O3. The first-order chi connectivity index (χ1) is 10.6. The van der Waals surface area contributed by atoms with Crippen molar-refractivity contribution in [2.45, 2.75) is 38.8 Å². The summed E-state index contributed by atoms with van der Waals surface area (Å²) in [6.07, 6.45) is 0.855. The van der Waals surface area contributed by atoms with Crippen LogP contribution in [-0.2, 0) is 16.1 Å². The Morgan fingerprint density at radius 2 is 2.23 bits per heavy atom. The van der Waals surface area contributed by atoms with Gasteiger partial charge in [0.25, 0.3) is 0 Å². The molecule has 0 bridgehead atoms. The molecule has 0 spiro atoms. The van der Waals surface area contributed by atoms with E-state index in [4.69, 9.17) is 4.74 Å². The number of aromatic nitrogens is 4. The van der Waals surface area contributed by atoms with Crippen LogP contribution in [0.25, 0.3) is 0 Å². The summed E-state index contributed by atoms with van der Waals surface area (Å²) in [7, 11) is 0. The number of ether oxygens (including phenoxy) is 1. The van der Waals surface area contributed by atoms with E-state index >= 15 is 0 Å². The number of tetrazole rings is 1. The van der Waals surface area contributed by atoms with Crippen LogP contribution in [0.15, 0.2) is 0 Å². The number of amides is 2. The molecule has 0 aliphatic carbocycles. The average Bonchev–Trinajstić information content (AvgIpc) is 3.09. The monoisotopic (exact) mass is 308 g/mol. The van der Waals surface area contributed by atoms with Gasteiger partial charge in [-0.05, 0) is 23.8 Å². The molecule has 0 N–H and O–H groups in total. The number of fused-ring (bicyclic) bond motifs is 1. The largest absolute Gasteiger partial charge is 0.447 e. The fourth-order valence-electron chi connectivity index (χ4n) is 3.09. The quantitative estimate of drug-likeness (QED) is 0.765. The predicted molar refractivity (Wildman–Crippen MR) is 74.8 cm³/mol. The van der Waals surface area contributed by atoms with E-state index in [1.165, 1.54) is 0 Å². The highest BCUT2D eigenvalue weighted by Gasteiger charge is 2.50. The molecular weight excluding hydrogens is 288 g/mol. The zero-order valence-electron chi connectivity index (χ0n) is 12.9. The van der Waals surface area contributed by atoms with Crippen LogP contribution >= 0.6 is 0 Å². The van der Waals surface area contributed by atoms with Crippen molar-refractivity contribution in [2.75, 3.05) is 26.2 Å². The smallest absolute Gasteiger partial charge is 0.410 e. The van der Waals surface area contributed by atoms with Gasteiger partial charge < -0.3 is 9.64 Å². The first-order valence-corrected chi connectivity index (χ1v) is 7.51. The number of carbonyl (C=O) groups is 2. The molecule has 2 fully saturated rings. The molecule has 2 saturated heterocycles. The lowest BCUT2D eigenvalue weighted by atomic mass is 9.93. The minimum atomic E-state index is -0.365. The van der Waals surface area contributed by atoms with Crippen LogP contribution in [0.3, 0.4) is 0 Å². The zero-order chi connectivity index (χ0) is 15.7. The van der Waals surface area contributed by atoms with Crippen molar-refractivity contribution in [3.05, 3.63) is 5.82 Å². The molecule has 3 heterocycles. The summed E-state index contributed by atoms with van der Waals surface area (Å²) in [5, 5.41) is 11.2. The van der Waals surface area contributed by atoms with Gasteiger partial charge in [-0.1, -0.05) is 6.92 Å². The molecule has 120 valence electrons. The van der Waals surface area contributed by atoms with Gasteiger partial charge in [0.2, 0.25) is 5.91 Å². The number of rotatable bonds is 4. The molecule has 0 saturated carbocycles. The maximum Gasteiger partial charge on any atom is 0.410 e. The average molecular weight is 308 g/mol. The van der Waals surface area contributed by atoms with Gasteiger partial charge in [0.1, 0.15) is 12.4 Å². The highest BCUT2D eigenvalue weighted by Crippen LogP contribution is 2.31. The van der Waals surface area contributed by atoms with Crippen LogP contribution in [0.2, 0.25) is 0 Å². The Morgan fingerprint density at radius 3 is 2.91 bits per heavy atom. The van der Waals surface area contributed by atoms with Crippen molar-refractivity contribution in [1.29, 1.82) is 0 Å².